The van der Waals surface area contributed by atoms with E-state index in [1.54, 1.807) is 0 Å². The van der Waals surface area contributed by atoms with Crippen molar-refractivity contribution in [3.63, 3.8) is 0 Å². The number of carboxylic acid groups (broad SMARTS) is 1. The van der Waals surface area contributed by atoms with Gasteiger partial charge in [-0.05, 0) is 19.8 Å². The lowest BCUT2D eigenvalue weighted by molar-refractivity contribution is -0.140. The van der Waals surface area contributed by atoms with Crippen LogP contribution in [0.2, 0.25) is 0 Å². The number of nitrogens with one attached hydrogen (secondary N) is 1. The highest BCUT2D eigenvalue weighted by Crippen LogP contribution is 2.36. The largest absolute Gasteiger partial charge is 0.480 e. The average molecular weight is 316 g/mol. The van der Waals surface area contributed by atoms with E-state index < -0.39 is 27.4 Å². The molecule has 0 spiro atoms. The van der Waals surface area contributed by atoms with Crippen LogP contribution < -0.4 is 5.32 Å². The standard InChI is InChI=1S/C12H16N2O6S/c1-7-9(21(18,19)14(2)3)6-8(20-7)10(15)13-12(4-5-12)11(16)17/h6H,4-5H2,1-3H3,(H,13,15)(H,16,17). The first-order valence-corrected chi connectivity index (χ1v) is 7.63. The summed E-state index contributed by atoms with van der Waals surface area (Å²) in [6, 6.07) is 1.11. The van der Waals surface area contributed by atoms with Gasteiger partial charge in [0.15, 0.2) is 5.76 Å². The molecular weight excluding hydrogens is 300 g/mol. The fourth-order valence-electron chi connectivity index (χ4n) is 1.83. The summed E-state index contributed by atoms with van der Waals surface area (Å²) < 4.78 is 30.2. The molecule has 0 radical (unpaired) electrons. The van der Waals surface area contributed by atoms with Gasteiger partial charge < -0.3 is 14.8 Å². The number of aryl methyl sites for hydroxylation is 1. The molecule has 1 aromatic heterocycles. The fraction of sp³-hybridized carbons (Fsp3) is 0.500. The zero-order chi connectivity index (χ0) is 16.0. The number of rotatable bonds is 5. The number of furan rings is 1. The van der Waals surface area contributed by atoms with Crippen LogP contribution >= 0.6 is 0 Å². The van der Waals surface area contributed by atoms with Gasteiger partial charge in [-0.2, -0.15) is 0 Å². The number of aliphatic carboxylic acids is 1. The first kappa shape index (κ1) is 15.5. The predicted molar refractivity (Wildman–Crippen MR) is 71.4 cm³/mol. The lowest BCUT2D eigenvalue weighted by Gasteiger charge is -2.10. The molecule has 0 aliphatic heterocycles. The van der Waals surface area contributed by atoms with E-state index in [0.29, 0.717) is 12.8 Å². The minimum Gasteiger partial charge on any atom is -0.480 e. The topological polar surface area (TPSA) is 117 Å². The number of nitrogens with zero attached hydrogens (tertiary/aromatic N) is 1. The van der Waals surface area contributed by atoms with Crippen molar-refractivity contribution in [3.8, 4) is 0 Å². The Hall–Kier alpha value is -1.87. The Morgan fingerprint density at radius 1 is 1.38 bits per heavy atom. The Balaban J connectivity index is 2.27. The molecule has 1 aromatic rings. The third-order valence-electron chi connectivity index (χ3n) is 3.37. The van der Waals surface area contributed by atoms with Crippen molar-refractivity contribution in [2.24, 2.45) is 0 Å². The molecule has 1 aliphatic carbocycles. The van der Waals surface area contributed by atoms with Crippen LogP contribution in [0.5, 0.6) is 0 Å². The van der Waals surface area contributed by atoms with Crippen molar-refractivity contribution in [3.05, 3.63) is 17.6 Å². The third kappa shape index (κ3) is 2.66. The number of hydrogen-bond acceptors (Lipinski definition) is 5. The molecule has 2 rings (SSSR count). The van der Waals surface area contributed by atoms with E-state index in [-0.39, 0.29) is 16.4 Å². The van der Waals surface area contributed by atoms with Crippen LogP contribution in [0, 0.1) is 6.92 Å². The highest BCUT2D eigenvalue weighted by Gasteiger charge is 2.52. The van der Waals surface area contributed by atoms with Gasteiger partial charge in [-0.1, -0.05) is 0 Å². The van der Waals surface area contributed by atoms with Crippen LogP contribution in [0.25, 0.3) is 0 Å². The van der Waals surface area contributed by atoms with E-state index in [0.717, 1.165) is 10.4 Å². The Morgan fingerprint density at radius 3 is 2.38 bits per heavy atom. The van der Waals surface area contributed by atoms with Gasteiger partial charge >= 0.3 is 5.97 Å². The predicted octanol–water partition coefficient (Wildman–Crippen LogP) is 0.185. The van der Waals surface area contributed by atoms with E-state index >= 15 is 0 Å². The summed E-state index contributed by atoms with van der Waals surface area (Å²) in [6.45, 7) is 1.43. The third-order valence-corrected chi connectivity index (χ3v) is 5.29. The van der Waals surface area contributed by atoms with Gasteiger partial charge in [0.05, 0.1) is 0 Å². The number of carbonyl (C=O) groups is 2. The summed E-state index contributed by atoms with van der Waals surface area (Å²) in [4.78, 5) is 22.9. The number of carbonyl (C=O) groups excluding carboxylic acids is 1. The minimum atomic E-state index is -3.72. The van der Waals surface area contributed by atoms with E-state index in [2.05, 4.69) is 5.32 Å². The molecule has 0 aromatic carbocycles. The molecule has 0 unspecified atom stereocenters. The quantitative estimate of drug-likeness (QED) is 0.800. The van der Waals surface area contributed by atoms with Gasteiger partial charge in [-0.15, -0.1) is 0 Å². The normalized spacial score (nSPS) is 16.8. The second kappa shape index (κ2) is 4.85. The molecule has 1 heterocycles. The molecule has 1 fully saturated rings. The molecule has 1 amide bonds. The summed E-state index contributed by atoms with van der Waals surface area (Å²) in [5.41, 5.74) is -1.25. The Bertz CT molecular complexity index is 699. The maximum atomic E-state index is 12.0. The molecule has 9 heteroatoms. The molecule has 21 heavy (non-hydrogen) atoms. The fourth-order valence-corrected chi connectivity index (χ4v) is 2.88. The van der Waals surface area contributed by atoms with E-state index in [4.69, 9.17) is 9.52 Å². The highest BCUT2D eigenvalue weighted by atomic mass is 32.2. The molecule has 0 bridgehead atoms. The van der Waals surface area contributed by atoms with Gasteiger partial charge in [-0.3, -0.25) is 4.79 Å². The lowest BCUT2D eigenvalue weighted by atomic mass is 10.2. The molecular formula is C12H16N2O6S. The highest BCUT2D eigenvalue weighted by molar-refractivity contribution is 7.89. The second-order valence-corrected chi connectivity index (χ2v) is 7.28. The number of hydrogen-bond donors (Lipinski definition) is 2. The monoisotopic (exact) mass is 316 g/mol. The van der Waals surface area contributed by atoms with Crippen LogP contribution in [0.4, 0.5) is 0 Å². The second-order valence-electron chi connectivity index (χ2n) is 5.16. The molecule has 116 valence electrons. The summed E-state index contributed by atoms with van der Waals surface area (Å²) in [7, 11) is -0.989. The van der Waals surface area contributed by atoms with Crippen molar-refractivity contribution in [1.82, 2.24) is 9.62 Å². The first-order chi connectivity index (χ1) is 9.60. The SMILES string of the molecule is Cc1oc(C(=O)NC2(C(=O)O)CC2)cc1S(=O)(=O)N(C)C. The summed E-state index contributed by atoms with van der Waals surface area (Å²) in [6.07, 6.45) is 0.688. The summed E-state index contributed by atoms with van der Waals surface area (Å²) in [5, 5.41) is 11.4. The average Bonchev–Trinajstić information content (AvgIpc) is 3.04. The Kier molecular flexibility index (Phi) is 3.58. The maximum absolute atomic E-state index is 12.0. The van der Waals surface area contributed by atoms with Crippen LogP contribution in [0.15, 0.2) is 15.4 Å². The van der Waals surface area contributed by atoms with E-state index in [9.17, 15) is 18.0 Å². The van der Waals surface area contributed by atoms with Gasteiger partial charge in [0.1, 0.15) is 16.2 Å². The van der Waals surface area contributed by atoms with Crippen LogP contribution in [0.3, 0.4) is 0 Å². The molecule has 0 saturated heterocycles. The number of amides is 1. The van der Waals surface area contributed by atoms with Crippen molar-refractivity contribution in [2.45, 2.75) is 30.2 Å². The van der Waals surface area contributed by atoms with Crippen molar-refractivity contribution < 1.29 is 27.5 Å². The Morgan fingerprint density at radius 2 is 1.95 bits per heavy atom. The van der Waals surface area contributed by atoms with Gasteiger partial charge in [-0.25, -0.2) is 17.5 Å². The molecule has 8 nitrogen and oxygen atoms in total. The van der Waals surface area contributed by atoms with Gasteiger partial charge in [0, 0.05) is 20.2 Å². The molecule has 1 aliphatic rings. The zero-order valence-electron chi connectivity index (χ0n) is 11.8. The number of sulfonamides is 1. The Labute approximate surface area is 121 Å². The number of carboxylic acids is 1. The van der Waals surface area contributed by atoms with Gasteiger partial charge in [0.25, 0.3) is 5.91 Å². The first-order valence-electron chi connectivity index (χ1n) is 6.19. The van der Waals surface area contributed by atoms with Crippen LogP contribution in [-0.4, -0.2) is 49.3 Å². The van der Waals surface area contributed by atoms with Crippen molar-refractivity contribution in [1.29, 1.82) is 0 Å². The van der Waals surface area contributed by atoms with E-state index in [1.807, 2.05) is 0 Å². The van der Waals surface area contributed by atoms with Crippen LogP contribution in [-0.2, 0) is 14.8 Å². The minimum absolute atomic E-state index is 0.0778. The maximum Gasteiger partial charge on any atom is 0.329 e. The van der Waals surface area contributed by atoms with Crippen molar-refractivity contribution >= 4 is 21.9 Å². The zero-order valence-corrected chi connectivity index (χ0v) is 12.7. The van der Waals surface area contributed by atoms with E-state index in [1.165, 1.54) is 21.0 Å². The molecule has 2 N–H and O–H groups in total. The van der Waals surface area contributed by atoms with Crippen LogP contribution in [0.1, 0.15) is 29.2 Å². The molecule has 1 saturated carbocycles. The summed E-state index contributed by atoms with van der Waals surface area (Å²) >= 11 is 0. The summed E-state index contributed by atoms with van der Waals surface area (Å²) in [5.74, 6) is -1.99. The molecule has 0 atom stereocenters. The smallest absolute Gasteiger partial charge is 0.329 e. The van der Waals surface area contributed by atoms with Crippen molar-refractivity contribution in [2.75, 3.05) is 14.1 Å². The lowest BCUT2D eigenvalue weighted by Crippen LogP contribution is -2.42. The van der Waals surface area contributed by atoms with Gasteiger partial charge in [0.2, 0.25) is 10.0 Å².